The van der Waals surface area contributed by atoms with Crippen LogP contribution in [0.25, 0.3) is 0 Å². The van der Waals surface area contributed by atoms with Crippen LogP contribution in [0.4, 0.5) is 14.9 Å². The average Bonchev–Trinajstić information content (AvgIpc) is 2.54. The normalized spacial score (nSPS) is 17.8. The van der Waals surface area contributed by atoms with Crippen LogP contribution in [0.1, 0.15) is 35.1 Å². The molecule has 0 spiro atoms. The van der Waals surface area contributed by atoms with Crippen molar-refractivity contribution in [2.75, 3.05) is 11.9 Å². The first-order chi connectivity index (χ1) is 11.4. The Balaban J connectivity index is 2.01. The Bertz CT molecular complexity index is 788. The van der Waals surface area contributed by atoms with Crippen LogP contribution < -0.4 is 5.32 Å². The first kappa shape index (κ1) is 16.3. The average molecular weight is 329 g/mol. The summed E-state index contributed by atoms with van der Waals surface area (Å²) in [6, 6.07) is 8.83. The quantitative estimate of drug-likeness (QED) is 0.709. The molecule has 4 rings (SSSR count). The summed E-state index contributed by atoms with van der Waals surface area (Å²) in [7, 11) is 0. The summed E-state index contributed by atoms with van der Waals surface area (Å²) in [6.45, 7) is 4.26. The lowest BCUT2D eigenvalue weighted by Crippen LogP contribution is -2.18. The molecule has 24 heavy (non-hydrogen) atoms. The molecule has 4 nitrogen and oxygen atoms in total. The number of fused-ring (bicyclic) bond motifs is 7. The molecule has 126 valence electrons. The Labute approximate surface area is 140 Å². The maximum atomic E-state index is 13.9. The van der Waals surface area contributed by atoms with Crippen LogP contribution in [-0.4, -0.2) is 17.8 Å². The van der Waals surface area contributed by atoms with Gasteiger partial charge in [-0.2, -0.15) is 0 Å². The maximum absolute atomic E-state index is 13.9. The van der Waals surface area contributed by atoms with Gasteiger partial charge in [-0.15, -0.1) is 0 Å². The van der Waals surface area contributed by atoms with Gasteiger partial charge in [-0.1, -0.05) is 25.1 Å². The number of carbonyl (C=O) groups is 1. The summed E-state index contributed by atoms with van der Waals surface area (Å²) in [5, 5.41) is 12.4. The highest BCUT2D eigenvalue weighted by Crippen LogP contribution is 2.28. The highest BCUT2D eigenvalue weighted by atomic mass is 19.1. The molecule has 0 aromatic heterocycles. The Kier molecular flexibility index (Phi) is 4.42. The molecule has 2 aromatic carbocycles. The number of hydrogen-bond donors (Lipinski definition) is 2. The number of halogens is 1. The van der Waals surface area contributed by atoms with Crippen molar-refractivity contribution in [2.45, 2.75) is 32.6 Å². The van der Waals surface area contributed by atoms with E-state index >= 15 is 0 Å². The largest absolute Gasteiger partial charge is 0.505 e. The number of nitrogens with one attached hydrogen (secondary N) is 1. The molecular weight excluding hydrogens is 309 g/mol. The van der Waals surface area contributed by atoms with Gasteiger partial charge < -0.3 is 9.84 Å². The predicted molar refractivity (Wildman–Crippen MR) is 90.0 cm³/mol. The number of hydrogen-bond acceptors (Lipinski definition) is 3. The fraction of sp³-hybridized carbons (Fsp3) is 0.316. The van der Waals surface area contributed by atoms with Crippen molar-refractivity contribution in [3.8, 4) is 5.75 Å². The molecule has 0 saturated heterocycles. The molecule has 2 heterocycles. The molecule has 0 radical (unpaired) electrons. The van der Waals surface area contributed by atoms with Gasteiger partial charge in [-0.05, 0) is 48.1 Å². The number of ether oxygens (including phenoxy) is 1. The second-order valence-corrected chi connectivity index (χ2v) is 6.28. The Morgan fingerprint density at radius 1 is 1.25 bits per heavy atom. The van der Waals surface area contributed by atoms with Crippen LogP contribution in [0.15, 0.2) is 30.3 Å². The molecular formula is C19H20FNO3. The topological polar surface area (TPSA) is 58.6 Å². The van der Waals surface area contributed by atoms with E-state index in [2.05, 4.69) is 11.4 Å². The minimum absolute atomic E-state index is 0.0693. The van der Waals surface area contributed by atoms with Crippen LogP contribution in [0, 0.1) is 12.7 Å². The van der Waals surface area contributed by atoms with E-state index in [-0.39, 0.29) is 24.0 Å². The minimum atomic E-state index is -0.755. The van der Waals surface area contributed by atoms with Crippen LogP contribution in [0.2, 0.25) is 0 Å². The van der Waals surface area contributed by atoms with E-state index in [9.17, 15) is 14.3 Å². The van der Waals surface area contributed by atoms with Crippen LogP contribution in [0.3, 0.4) is 0 Å². The zero-order chi connectivity index (χ0) is 17.3. The molecule has 2 aliphatic rings. The van der Waals surface area contributed by atoms with Gasteiger partial charge >= 0.3 is 6.09 Å². The fourth-order valence-electron chi connectivity index (χ4n) is 3.09. The van der Waals surface area contributed by atoms with Crippen molar-refractivity contribution in [3.05, 3.63) is 58.4 Å². The smallest absolute Gasteiger partial charge is 0.411 e. The molecule has 0 saturated carbocycles. The maximum Gasteiger partial charge on any atom is 0.411 e. The van der Waals surface area contributed by atoms with Gasteiger partial charge in [-0.3, -0.25) is 5.32 Å². The molecule has 1 atom stereocenters. The predicted octanol–water partition coefficient (Wildman–Crippen LogP) is 4.29. The molecule has 0 fully saturated rings. The third kappa shape index (κ3) is 3.35. The minimum Gasteiger partial charge on any atom is -0.505 e. The van der Waals surface area contributed by atoms with Crippen LogP contribution in [0.5, 0.6) is 5.75 Å². The number of aromatic hydroxyl groups is 1. The van der Waals surface area contributed by atoms with Crippen LogP contribution in [-0.2, 0) is 17.6 Å². The highest BCUT2D eigenvalue weighted by molar-refractivity contribution is 5.85. The molecule has 4 bridgehead atoms. The van der Waals surface area contributed by atoms with Gasteiger partial charge in [0, 0.05) is 17.7 Å². The number of benzene rings is 2. The lowest BCUT2D eigenvalue weighted by atomic mass is 9.93. The molecule has 5 heteroatoms. The van der Waals surface area contributed by atoms with E-state index < -0.39 is 11.9 Å². The fourth-order valence-corrected chi connectivity index (χ4v) is 3.09. The number of phenolic OH excluding ortho intramolecular Hbond substituents is 1. The molecule has 2 N–H and O–H groups in total. The molecule has 2 aromatic rings. The first-order valence-corrected chi connectivity index (χ1v) is 7.98. The van der Waals surface area contributed by atoms with E-state index in [0.717, 1.165) is 22.8 Å². The van der Waals surface area contributed by atoms with Crippen molar-refractivity contribution in [3.63, 3.8) is 0 Å². The molecule has 1 unspecified atom stereocenters. The van der Waals surface area contributed by atoms with Gasteiger partial charge in [0.15, 0.2) is 11.6 Å². The van der Waals surface area contributed by atoms with Crippen molar-refractivity contribution < 1.29 is 19.0 Å². The third-order valence-corrected chi connectivity index (χ3v) is 4.40. The number of anilines is 1. The zero-order valence-electron chi connectivity index (χ0n) is 13.7. The summed E-state index contributed by atoms with van der Waals surface area (Å²) in [5.41, 5.74) is 4.12. The number of aryl methyl sites for hydroxylation is 3. The second-order valence-electron chi connectivity index (χ2n) is 6.28. The van der Waals surface area contributed by atoms with Gasteiger partial charge in [0.25, 0.3) is 0 Å². The monoisotopic (exact) mass is 329 g/mol. The SMILES string of the molecule is Cc1cc2ccc1C(C)COC(=O)Nc1cc(F)c(O)c(c1)CC2. The van der Waals surface area contributed by atoms with Crippen molar-refractivity contribution in [1.29, 1.82) is 0 Å². The Morgan fingerprint density at radius 3 is 2.79 bits per heavy atom. The molecule has 1 amide bonds. The third-order valence-electron chi connectivity index (χ3n) is 4.40. The van der Waals surface area contributed by atoms with Crippen molar-refractivity contribution >= 4 is 11.8 Å². The van der Waals surface area contributed by atoms with Crippen molar-refractivity contribution in [1.82, 2.24) is 0 Å². The Hall–Kier alpha value is -2.56. The number of carbonyl (C=O) groups excluding carboxylic acids is 1. The van der Waals surface area contributed by atoms with E-state index in [1.807, 2.05) is 26.0 Å². The summed E-state index contributed by atoms with van der Waals surface area (Å²) in [6.07, 6.45) is 0.516. The molecule has 0 aliphatic carbocycles. The standard InChI is InChI=1S/C19H20FNO3/c1-11-7-13-3-5-14-8-15(9-17(20)18(14)22)21-19(23)24-10-12(2)16(11)6-4-13/h4,6-9,12,22H,3,5,10H2,1-2H3,(H,21,23). The highest BCUT2D eigenvalue weighted by Gasteiger charge is 2.16. The summed E-state index contributed by atoms with van der Waals surface area (Å²) in [5.74, 6) is -1.06. The second kappa shape index (κ2) is 6.51. The van der Waals surface area contributed by atoms with E-state index in [1.165, 1.54) is 0 Å². The van der Waals surface area contributed by atoms with Gasteiger partial charge in [-0.25, -0.2) is 9.18 Å². The van der Waals surface area contributed by atoms with Crippen LogP contribution >= 0.6 is 0 Å². The first-order valence-electron chi connectivity index (χ1n) is 7.98. The Morgan fingerprint density at radius 2 is 2.04 bits per heavy atom. The lowest BCUT2D eigenvalue weighted by molar-refractivity contribution is 0.155. The van der Waals surface area contributed by atoms with E-state index in [4.69, 9.17) is 4.74 Å². The van der Waals surface area contributed by atoms with Gasteiger partial charge in [0.05, 0.1) is 6.61 Å². The number of phenols is 1. The van der Waals surface area contributed by atoms with E-state index in [1.54, 1.807) is 6.07 Å². The number of amides is 1. The summed E-state index contributed by atoms with van der Waals surface area (Å²) >= 11 is 0. The lowest BCUT2D eigenvalue weighted by Gasteiger charge is -2.18. The van der Waals surface area contributed by atoms with E-state index in [0.29, 0.717) is 18.4 Å². The number of rotatable bonds is 0. The summed E-state index contributed by atoms with van der Waals surface area (Å²) in [4.78, 5) is 11.9. The summed E-state index contributed by atoms with van der Waals surface area (Å²) < 4.78 is 19.1. The van der Waals surface area contributed by atoms with Gasteiger partial charge in [0.1, 0.15) is 0 Å². The zero-order valence-corrected chi connectivity index (χ0v) is 13.7. The van der Waals surface area contributed by atoms with Gasteiger partial charge in [0.2, 0.25) is 0 Å². The van der Waals surface area contributed by atoms with Crippen molar-refractivity contribution in [2.24, 2.45) is 0 Å². The molecule has 2 aliphatic heterocycles.